The summed E-state index contributed by atoms with van der Waals surface area (Å²) in [5.74, 6) is -0.214. The molecule has 1 aliphatic rings. The Morgan fingerprint density at radius 3 is 2.67 bits per heavy atom. The molecule has 1 aliphatic heterocycles. The van der Waals surface area contributed by atoms with Crippen molar-refractivity contribution in [3.05, 3.63) is 11.8 Å². The quantitative estimate of drug-likeness (QED) is 0.635. The number of methoxy groups -OCH3 is 1. The molecule has 0 saturated carbocycles. The molecule has 1 aromatic heterocycles. The van der Waals surface area contributed by atoms with Gasteiger partial charge in [0.1, 0.15) is 5.56 Å². The molecule has 1 atom stereocenters. The van der Waals surface area contributed by atoms with Crippen molar-refractivity contribution in [2.45, 2.75) is 33.0 Å². The van der Waals surface area contributed by atoms with Crippen LogP contribution in [0.2, 0.25) is 0 Å². The van der Waals surface area contributed by atoms with Crippen LogP contribution in [0.3, 0.4) is 0 Å². The summed E-state index contributed by atoms with van der Waals surface area (Å²) in [6.45, 7) is 6.06. The van der Waals surface area contributed by atoms with Crippen molar-refractivity contribution in [2.24, 2.45) is 13.0 Å². The maximum absolute atomic E-state index is 12.8. The molecule has 2 heterocycles. The zero-order valence-corrected chi connectivity index (χ0v) is 16.6. The average Bonchev–Trinajstić information content (AvgIpc) is 3.06. The number of aryl methyl sites for hydroxylation is 1. The summed E-state index contributed by atoms with van der Waals surface area (Å²) in [7, 11) is 3.22. The predicted molar refractivity (Wildman–Crippen MR) is 98.4 cm³/mol. The summed E-state index contributed by atoms with van der Waals surface area (Å²) in [6, 6.07) is 0. The molecule has 9 nitrogen and oxygen atoms in total. The van der Waals surface area contributed by atoms with E-state index in [1.54, 1.807) is 22.8 Å². The Morgan fingerprint density at radius 2 is 2.04 bits per heavy atom. The highest BCUT2D eigenvalue weighted by Crippen LogP contribution is 2.22. The van der Waals surface area contributed by atoms with Crippen molar-refractivity contribution >= 4 is 11.8 Å². The fraction of sp³-hybridized carbons (Fsp3) is 0.722. The summed E-state index contributed by atoms with van der Waals surface area (Å²) in [5, 5.41) is 7.00. The SMILES string of the molecule is CCOC(CNC(=O)C1CCCN(C(=O)c2cn(C)nc2OC)C1)OCC. The van der Waals surface area contributed by atoms with Gasteiger partial charge in [0.25, 0.3) is 5.91 Å². The molecular weight excluding hydrogens is 352 g/mol. The topological polar surface area (TPSA) is 94.9 Å². The lowest BCUT2D eigenvalue weighted by molar-refractivity contribution is -0.142. The second kappa shape index (κ2) is 10.3. The molecule has 1 saturated heterocycles. The Bertz CT molecular complexity index is 627. The first-order valence-corrected chi connectivity index (χ1v) is 9.37. The van der Waals surface area contributed by atoms with Crippen LogP contribution in [0.1, 0.15) is 37.0 Å². The van der Waals surface area contributed by atoms with E-state index in [1.165, 1.54) is 7.11 Å². The Hall–Kier alpha value is -2.13. The van der Waals surface area contributed by atoms with Crippen molar-refractivity contribution in [1.29, 1.82) is 0 Å². The van der Waals surface area contributed by atoms with Crippen molar-refractivity contribution in [3.63, 3.8) is 0 Å². The molecule has 1 fully saturated rings. The van der Waals surface area contributed by atoms with Crippen LogP contribution in [-0.4, -0.2) is 72.7 Å². The second-order valence-electron chi connectivity index (χ2n) is 6.40. The number of hydrogen-bond donors (Lipinski definition) is 1. The van der Waals surface area contributed by atoms with E-state index < -0.39 is 6.29 Å². The van der Waals surface area contributed by atoms with Gasteiger partial charge in [-0.25, -0.2) is 0 Å². The second-order valence-corrected chi connectivity index (χ2v) is 6.40. The maximum atomic E-state index is 12.8. The van der Waals surface area contributed by atoms with Crippen LogP contribution >= 0.6 is 0 Å². The highest BCUT2D eigenvalue weighted by Gasteiger charge is 2.31. The Labute approximate surface area is 159 Å². The molecule has 0 radical (unpaired) electrons. The number of likely N-dealkylation sites (tertiary alicyclic amines) is 1. The van der Waals surface area contributed by atoms with Gasteiger partial charge in [0, 0.05) is 39.5 Å². The molecule has 1 unspecified atom stereocenters. The summed E-state index contributed by atoms with van der Waals surface area (Å²) in [5.41, 5.74) is 0.411. The lowest BCUT2D eigenvalue weighted by atomic mass is 9.96. The number of nitrogens with zero attached hydrogens (tertiary/aromatic N) is 3. The minimum absolute atomic E-state index is 0.0879. The van der Waals surface area contributed by atoms with E-state index in [0.29, 0.717) is 44.3 Å². The zero-order chi connectivity index (χ0) is 19.8. The van der Waals surface area contributed by atoms with Gasteiger partial charge in [-0.3, -0.25) is 14.3 Å². The van der Waals surface area contributed by atoms with Gasteiger partial charge >= 0.3 is 0 Å². The molecule has 27 heavy (non-hydrogen) atoms. The van der Waals surface area contributed by atoms with E-state index in [1.807, 2.05) is 13.8 Å². The summed E-state index contributed by atoms with van der Waals surface area (Å²) in [6.07, 6.45) is 2.70. The third-order valence-corrected chi connectivity index (χ3v) is 4.45. The highest BCUT2D eigenvalue weighted by atomic mass is 16.7. The summed E-state index contributed by atoms with van der Waals surface area (Å²) >= 11 is 0. The van der Waals surface area contributed by atoms with Crippen LogP contribution in [-0.2, 0) is 21.3 Å². The average molecular weight is 382 g/mol. The summed E-state index contributed by atoms with van der Waals surface area (Å²) < 4.78 is 17.6. The maximum Gasteiger partial charge on any atom is 0.260 e. The molecule has 9 heteroatoms. The smallest absolute Gasteiger partial charge is 0.260 e. The molecule has 0 aromatic carbocycles. The standard InChI is InChI=1S/C18H30N4O5/c1-5-26-15(27-6-2)10-19-16(23)13-8-7-9-22(11-13)18(24)14-12-21(3)20-17(14)25-4/h12-13,15H,5-11H2,1-4H3,(H,19,23). The van der Waals surface area contributed by atoms with E-state index in [2.05, 4.69) is 10.4 Å². The van der Waals surface area contributed by atoms with Gasteiger partial charge in [0.2, 0.25) is 11.8 Å². The minimum Gasteiger partial charge on any atom is -0.479 e. The number of amides is 2. The number of hydrogen-bond acceptors (Lipinski definition) is 6. The molecule has 1 aromatic rings. The number of ether oxygens (including phenoxy) is 3. The normalized spacial score (nSPS) is 17.2. The van der Waals surface area contributed by atoms with Gasteiger partial charge in [0.15, 0.2) is 6.29 Å². The van der Waals surface area contributed by atoms with E-state index in [0.717, 1.165) is 12.8 Å². The number of nitrogens with one attached hydrogen (secondary N) is 1. The van der Waals surface area contributed by atoms with Crippen LogP contribution in [0.15, 0.2) is 6.20 Å². The Balaban J connectivity index is 1.94. The van der Waals surface area contributed by atoms with Gasteiger partial charge in [-0.05, 0) is 26.7 Å². The van der Waals surface area contributed by atoms with Crippen molar-refractivity contribution < 1.29 is 23.8 Å². The van der Waals surface area contributed by atoms with Gasteiger partial charge in [0.05, 0.1) is 19.6 Å². The van der Waals surface area contributed by atoms with Crippen LogP contribution in [0, 0.1) is 5.92 Å². The number of aromatic nitrogens is 2. The lowest BCUT2D eigenvalue weighted by Crippen LogP contribution is -2.47. The zero-order valence-electron chi connectivity index (χ0n) is 16.6. The highest BCUT2D eigenvalue weighted by molar-refractivity contribution is 5.96. The van der Waals surface area contributed by atoms with Crippen LogP contribution in [0.5, 0.6) is 5.88 Å². The van der Waals surface area contributed by atoms with Crippen LogP contribution in [0.25, 0.3) is 0 Å². The minimum atomic E-state index is -0.454. The molecule has 0 spiro atoms. The number of piperidine rings is 1. The molecule has 0 aliphatic carbocycles. The Kier molecular flexibility index (Phi) is 8.05. The molecule has 1 N–H and O–H groups in total. The van der Waals surface area contributed by atoms with Crippen molar-refractivity contribution in [1.82, 2.24) is 20.0 Å². The van der Waals surface area contributed by atoms with E-state index in [4.69, 9.17) is 14.2 Å². The van der Waals surface area contributed by atoms with Gasteiger partial charge in [-0.2, -0.15) is 0 Å². The molecule has 2 rings (SSSR count). The third-order valence-electron chi connectivity index (χ3n) is 4.45. The lowest BCUT2D eigenvalue weighted by Gasteiger charge is -2.32. The molecular formula is C18H30N4O5. The van der Waals surface area contributed by atoms with Crippen molar-refractivity contribution in [2.75, 3.05) is 40.0 Å². The number of carbonyl (C=O) groups is 2. The third kappa shape index (κ3) is 5.67. The largest absolute Gasteiger partial charge is 0.479 e. The van der Waals surface area contributed by atoms with Gasteiger partial charge < -0.3 is 24.4 Å². The van der Waals surface area contributed by atoms with Gasteiger partial charge in [-0.1, -0.05) is 0 Å². The van der Waals surface area contributed by atoms with E-state index >= 15 is 0 Å². The van der Waals surface area contributed by atoms with E-state index in [-0.39, 0.29) is 17.7 Å². The Morgan fingerprint density at radius 1 is 1.33 bits per heavy atom. The monoisotopic (exact) mass is 382 g/mol. The molecule has 2 amide bonds. The van der Waals surface area contributed by atoms with Crippen LogP contribution in [0.4, 0.5) is 0 Å². The first-order chi connectivity index (χ1) is 13.0. The predicted octanol–water partition coefficient (Wildman–Crippen LogP) is 0.796. The van der Waals surface area contributed by atoms with Crippen LogP contribution < -0.4 is 10.1 Å². The fourth-order valence-electron chi connectivity index (χ4n) is 3.18. The van der Waals surface area contributed by atoms with Gasteiger partial charge in [-0.15, -0.1) is 5.10 Å². The first kappa shape index (κ1) is 21.2. The van der Waals surface area contributed by atoms with Crippen molar-refractivity contribution in [3.8, 4) is 5.88 Å². The first-order valence-electron chi connectivity index (χ1n) is 9.37. The summed E-state index contributed by atoms with van der Waals surface area (Å²) in [4.78, 5) is 27.1. The number of carbonyl (C=O) groups excluding carboxylic acids is 2. The number of rotatable bonds is 9. The molecule has 152 valence electrons. The molecule has 0 bridgehead atoms. The fourth-order valence-corrected chi connectivity index (χ4v) is 3.18. The van der Waals surface area contributed by atoms with E-state index in [9.17, 15) is 9.59 Å².